The van der Waals surface area contributed by atoms with Crippen LogP contribution >= 0.6 is 34.0 Å². The van der Waals surface area contributed by atoms with E-state index in [4.69, 9.17) is 19.6 Å². The van der Waals surface area contributed by atoms with Crippen molar-refractivity contribution in [2.45, 2.75) is 38.9 Å². The highest BCUT2D eigenvalue weighted by atomic mass is 127. The van der Waals surface area contributed by atoms with Gasteiger partial charge in [0, 0.05) is 17.4 Å². The number of hydrogen-bond donors (Lipinski definition) is 2. The molecule has 154 valence electrons. The van der Waals surface area contributed by atoms with Gasteiger partial charge in [-0.1, -0.05) is 0 Å². The molecule has 1 aromatic rings. The van der Waals surface area contributed by atoms with Crippen LogP contribution in [0.1, 0.15) is 27.7 Å². The van der Waals surface area contributed by atoms with E-state index in [0.717, 1.165) is 11.2 Å². The van der Waals surface area contributed by atoms with E-state index in [2.05, 4.69) is 34.2 Å². The van der Waals surface area contributed by atoms with E-state index < -0.39 is 28.3 Å². The van der Waals surface area contributed by atoms with E-state index in [1.54, 1.807) is 6.20 Å². The predicted molar refractivity (Wildman–Crippen MR) is 125 cm³/mol. The molecule has 2 N–H and O–H groups in total. The summed E-state index contributed by atoms with van der Waals surface area (Å²) in [5, 5.41) is 6.63. The summed E-state index contributed by atoms with van der Waals surface area (Å²) in [6, 6.07) is 1.86. The van der Waals surface area contributed by atoms with Crippen molar-refractivity contribution in [3.8, 4) is 0 Å². The van der Waals surface area contributed by atoms with Gasteiger partial charge in [0.15, 0.2) is 5.82 Å². The molecule has 10 heteroatoms. The lowest BCUT2D eigenvalue weighted by Crippen LogP contribution is -2.41. The highest BCUT2D eigenvalue weighted by molar-refractivity contribution is 14.0. The molecule has 7 nitrogen and oxygen atoms in total. The van der Waals surface area contributed by atoms with Crippen molar-refractivity contribution in [3.63, 3.8) is 0 Å². The molecule has 0 unspecified atom stereocenters. The van der Waals surface area contributed by atoms with E-state index in [1.165, 1.54) is 0 Å². The molecule has 0 radical (unpaired) electrons. The van der Waals surface area contributed by atoms with Crippen molar-refractivity contribution in [2.24, 2.45) is 5.11 Å². The highest BCUT2D eigenvalue weighted by Crippen LogP contribution is 2.37. The van der Waals surface area contributed by atoms with Crippen LogP contribution in [0.2, 0.25) is 0 Å². The van der Waals surface area contributed by atoms with Crippen molar-refractivity contribution in [1.29, 1.82) is 5.53 Å². The Kier molecular flexibility index (Phi) is 8.55. The van der Waals surface area contributed by atoms with Gasteiger partial charge in [0.25, 0.3) is 0 Å². The first-order chi connectivity index (χ1) is 12.0. The normalized spacial score (nSPS) is 18.7. The summed E-state index contributed by atoms with van der Waals surface area (Å²) in [5.74, 6) is 1.37. The Bertz CT molecular complexity index is 640. The van der Waals surface area contributed by atoms with Gasteiger partial charge < -0.3 is 19.4 Å². The number of halogens is 1. The largest absolute Gasteiger partial charge is 0.496 e. The van der Waals surface area contributed by atoms with Crippen LogP contribution in [-0.4, -0.2) is 61.2 Å². The summed E-state index contributed by atoms with van der Waals surface area (Å²) in [5.41, 5.74) is 7.91. The number of nitrogens with zero attached hydrogens (tertiary/aromatic N) is 2. The third kappa shape index (κ3) is 6.55. The Morgan fingerprint density at radius 2 is 1.81 bits per heavy atom. The van der Waals surface area contributed by atoms with Crippen LogP contribution in [0.3, 0.4) is 0 Å². The summed E-state index contributed by atoms with van der Waals surface area (Å²) >= 11 is 0. The van der Waals surface area contributed by atoms with E-state index in [-0.39, 0.29) is 24.0 Å². The van der Waals surface area contributed by atoms with Crippen molar-refractivity contribution < 1.29 is 14.0 Å². The molecular weight excluding hydrogens is 478 g/mol. The quantitative estimate of drug-likeness (QED) is 0.183. The van der Waals surface area contributed by atoms with Crippen molar-refractivity contribution in [2.75, 3.05) is 43.2 Å². The van der Waals surface area contributed by atoms with E-state index in [1.807, 2.05) is 33.8 Å². The van der Waals surface area contributed by atoms with Crippen LogP contribution in [-0.2, 0) is 14.0 Å². The molecule has 1 aliphatic heterocycles. The molecule has 0 saturated carbocycles. The topological polar surface area (TPSA) is 88.8 Å². The Morgan fingerprint density at radius 1 is 1.22 bits per heavy atom. The van der Waals surface area contributed by atoms with Crippen LogP contribution in [0.4, 0.5) is 11.5 Å². The molecule has 0 aromatic carbocycles. The first-order valence-electron chi connectivity index (χ1n) is 8.66. The van der Waals surface area contributed by atoms with Gasteiger partial charge in [-0.25, -0.2) is 20.5 Å². The Balaban J connectivity index is 0.00000364. The fourth-order valence-corrected chi connectivity index (χ4v) is 2.93. The van der Waals surface area contributed by atoms with Crippen LogP contribution in [0, 0.1) is 5.53 Å². The number of rotatable bonds is 8. The molecule has 1 saturated heterocycles. The lowest BCUT2D eigenvalue weighted by atomic mass is 9.80. The Hall–Kier alpha value is -0.425. The van der Waals surface area contributed by atoms with Crippen molar-refractivity contribution in [3.05, 3.63) is 12.3 Å². The molecule has 0 bridgehead atoms. The monoisotopic (exact) mass is 510 g/mol. The SMILES string of the molecule is CC1(C)OB(c2cnc(N=N)c(NCOCCS(C)(C)C)c2)OC1(C)C.I. The molecule has 1 aliphatic rings. The average molecular weight is 510 g/mol. The van der Waals surface area contributed by atoms with Crippen LogP contribution in [0.15, 0.2) is 17.4 Å². The minimum atomic E-state index is -0.569. The van der Waals surface area contributed by atoms with Gasteiger partial charge in [-0.15, -0.1) is 29.1 Å². The Morgan fingerprint density at radius 3 is 2.33 bits per heavy atom. The fraction of sp³-hybridized carbons (Fsp3) is 0.706. The molecule has 0 amide bonds. The molecule has 1 aromatic heterocycles. The predicted octanol–water partition coefficient (Wildman–Crippen LogP) is 3.74. The van der Waals surface area contributed by atoms with Crippen molar-refractivity contribution in [1.82, 2.24) is 4.98 Å². The number of pyridine rings is 1. The number of anilines is 1. The van der Waals surface area contributed by atoms with E-state index in [9.17, 15) is 0 Å². The zero-order chi connectivity index (χ0) is 19.6. The van der Waals surface area contributed by atoms with Gasteiger partial charge >= 0.3 is 7.12 Å². The molecule has 0 spiro atoms. The lowest BCUT2D eigenvalue weighted by Gasteiger charge is -2.32. The average Bonchev–Trinajstić information content (AvgIpc) is 2.74. The van der Waals surface area contributed by atoms with Crippen molar-refractivity contribution >= 4 is 58.1 Å². The zero-order valence-corrected chi connectivity index (χ0v) is 20.4. The summed E-state index contributed by atoms with van der Waals surface area (Å²) < 4.78 is 17.8. The lowest BCUT2D eigenvalue weighted by molar-refractivity contribution is 0.00578. The zero-order valence-electron chi connectivity index (χ0n) is 17.3. The maximum absolute atomic E-state index is 7.31. The number of ether oxygens (including phenoxy) is 1. The van der Waals surface area contributed by atoms with Gasteiger partial charge in [-0.3, -0.25) is 0 Å². The summed E-state index contributed by atoms with van der Waals surface area (Å²) in [4.78, 5) is 4.25. The standard InChI is InChI=1S/C17H31BN4O3S.HI/c1-16(2)17(3,4)25-18(24-16)13-10-14(15(22-19)20-11-13)21-12-23-8-9-26(5,6)7;/h10-11,19,21H,8-9,12H2,1-7H3;1H. The van der Waals surface area contributed by atoms with Gasteiger partial charge in [0.05, 0.1) is 23.5 Å². The molecule has 1 fully saturated rings. The molecule has 0 aliphatic carbocycles. The molecule has 27 heavy (non-hydrogen) atoms. The van der Waals surface area contributed by atoms with Crippen LogP contribution in [0.25, 0.3) is 0 Å². The second-order valence-electron chi connectivity index (χ2n) is 8.36. The summed E-state index contributed by atoms with van der Waals surface area (Å²) in [6.45, 7) is 9.09. The number of hydrogen-bond acceptors (Lipinski definition) is 7. The molecule has 2 rings (SSSR count). The van der Waals surface area contributed by atoms with Gasteiger partial charge in [-0.05, 0) is 52.5 Å². The van der Waals surface area contributed by atoms with Crippen LogP contribution < -0.4 is 10.8 Å². The number of nitrogens with one attached hydrogen (secondary N) is 2. The maximum atomic E-state index is 7.31. The third-order valence-corrected chi connectivity index (χ3v) is 6.12. The van der Waals surface area contributed by atoms with Crippen LogP contribution in [0.5, 0.6) is 0 Å². The smallest absolute Gasteiger partial charge is 0.399 e. The molecule has 2 heterocycles. The first-order valence-corrected chi connectivity index (χ1v) is 11.7. The second kappa shape index (κ2) is 9.38. The molecule has 0 atom stereocenters. The minimum Gasteiger partial charge on any atom is -0.399 e. The summed E-state index contributed by atoms with van der Waals surface area (Å²) in [7, 11) is -1.07. The fourth-order valence-electron chi connectivity index (χ4n) is 2.31. The summed E-state index contributed by atoms with van der Waals surface area (Å²) in [6.07, 6.45) is 8.43. The van der Waals surface area contributed by atoms with Gasteiger partial charge in [0.1, 0.15) is 6.73 Å². The van der Waals surface area contributed by atoms with Gasteiger partial charge in [0.2, 0.25) is 0 Å². The highest BCUT2D eigenvalue weighted by Gasteiger charge is 2.51. The number of aromatic nitrogens is 1. The first kappa shape index (κ1) is 24.6. The minimum absolute atomic E-state index is 0. The Labute approximate surface area is 181 Å². The third-order valence-electron chi connectivity index (χ3n) is 4.72. The van der Waals surface area contributed by atoms with E-state index >= 15 is 0 Å². The molecular formula is C17H32BIN4O3S. The maximum Gasteiger partial charge on any atom is 0.496 e. The second-order valence-corrected chi connectivity index (χ2v) is 13.0. The van der Waals surface area contributed by atoms with E-state index in [0.29, 0.717) is 24.8 Å². The van der Waals surface area contributed by atoms with Gasteiger partial charge in [-0.2, -0.15) is 0 Å².